The summed E-state index contributed by atoms with van der Waals surface area (Å²) in [4.78, 5) is 12.3. The number of hydrogen-bond acceptors (Lipinski definition) is 2. The summed E-state index contributed by atoms with van der Waals surface area (Å²) in [5.74, 6) is 0.0711. The number of benzene rings is 1. The molecule has 0 atom stereocenters. The second-order valence-corrected chi connectivity index (χ2v) is 5.98. The fourth-order valence-corrected chi connectivity index (χ4v) is 2.05. The highest BCUT2D eigenvalue weighted by molar-refractivity contribution is 5.87. The Morgan fingerprint density at radius 2 is 1.94 bits per heavy atom. The minimum absolute atomic E-state index is 0.0711. The zero-order chi connectivity index (χ0) is 13.2. The van der Waals surface area contributed by atoms with Gasteiger partial charge < -0.3 is 10.1 Å². The molecule has 98 valence electrons. The van der Waals surface area contributed by atoms with Gasteiger partial charge in [0.1, 0.15) is 0 Å². The Balaban J connectivity index is 1.99. The smallest absolute Gasteiger partial charge is 0.230 e. The predicted octanol–water partition coefficient (Wildman–Crippen LogP) is 2.12. The van der Waals surface area contributed by atoms with Gasteiger partial charge in [0.05, 0.1) is 18.6 Å². The van der Waals surface area contributed by atoms with E-state index in [-0.39, 0.29) is 11.3 Å². The lowest BCUT2D eigenvalue weighted by molar-refractivity contribution is -0.130. The van der Waals surface area contributed by atoms with Gasteiger partial charge in [-0.2, -0.15) is 0 Å². The van der Waals surface area contributed by atoms with Gasteiger partial charge in [-0.15, -0.1) is 0 Å². The van der Waals surface area contributed by atoms with Gasteiger partial charge in [-0.25, -0.2) is 0 Å². The maximum absolute atomic E-state index is 12.3. The van der Waals surface area contributed by atoms with Crippen LogP contribution in [0.5, 0.6) is 0 Å². The molecule has 0 aliphatic carbocycles. The van der Waals surface area contributed by atoms with Crippen molar-refractivity contribution in [1.82, 2.24) is 5.32 Å². The van der Waals surface area contributed by atoms with Crippen molar-refractivity contribution in [3.05, 3.63) is 35.9 Å². The van der Waals surface area contributed by atoms with Gasteiger partial charge in [-0.3, -0.25) is 4.79 Å². The Morgan fingerprint density at radius 3 is 2.44 bits per heavy atom. The summed E-state index contributed by atoms with van der Waals surface area (Å²) >= 11 is 0. The van der Waals surface area contributed by atoms with Gasteiger partial charge >= 0.3 is 0 Å². The second kappa shape index (κ2) is 4.73. The van der Waals surface area contributed by atoms with Crippen LogP contribution < -0.4 is 5.32 Å². The van der Waals surface area contributed by atoms with Crippen molar-refractivity contribution in [3.63, 3.8) is 0 Å². The van der Waals surface area contributed by atoms with Crippen molar-refractivity contribution in [3.8, 4) is 0 Å². The maximum atomic E-state index is 12.3. The minimum Gasteiger partial charge on any atom is -0.380 e. The lowest BCUT2D eigenvalue weighted by Crippen LogP contribution is -2.51. The standard InChI is InChI=1S/C15H21NO2/c1-14(2,12-7-5-4-6-8-12)13(17)16-9-15(3)10-18-11-15/h4-8H,9-11H2,1-3H3,(H,16,17). The zero-order valence-electron chi connectivity index (χ0n) is 11.3. The molecule has 3 nitrogen and oxygen atoms in total. The van der Waals surface area contributed by atoms with Crippen LogP contribution in [0.25, 0.3) is 0 Å². The number of rotatable bonds is 4. The van der Waals surface area contributed by atoms with Crippen molar-refractivity contribution in [1.29, 1.82) is 0 Å². The third-order valence-electron chi connectivity index (χ3n) is 3.64. The van der Waals surface area contributed by atoms with Crippen molar-refractivity contribution in [2.75, 3.05) is 19.8 Å². The molecule has 1 aliphatic rings. The Kier molecular flexibility index (Phi) is 3.44. The largest absolute Gasteiger partial charge is 0.380 e. The van der Waals surface area contributed by atoms with E-state index in [2.05, 4.69) is 12.2 Å². The van der Waals surface area contributed by atoms with E-state index in [1.807, 2.05) is 44.2 Å². The molecule has 1 aliphatic heterocycles. The molecular formula is C15H21NO2. The van der Waals surface area contributed by atoms with Crippen molar-refractivity contribution < 1.29 is 9.53 Å². The van der Waals surface area contributed by atoms with Crippen molar-refractivity contribution in [2.24, 2.45) is 5.41 Å². The Labute approximate surface area is 109 Å². The molecule has 2 rings (SSSR count). The Bertz CT molecular complexity index is 421. The molecular weight excluding hydrogens is 226 g/mol. The maximum Gasteiger partial charge on any atom is 0.230 e. The summed E-state index contributed by atoms with van der Waals surface area (Å²) in [6.07, 6.45) is 0. The SMILES string of the molecule is CC1(CNC(=O)C(C)(C)c2ccccc2)COC1. The first kappa shape index (κ1) is 13.1. The van der Waals surface area contributed by atoms with Crippen LogP contribution in [-0.4, -0.2) is 25.7 Å². The lowest BCUT2D eigenvalue weighted by atomic mass is 9.82. The third kappa shape index (κ3) is 2.56. The van der Waals surface area contributed by atoms with Crippen LogP contribution in [0.3, 0.4) is 0 Å². The first-order chi connectivity index (χ1) is 8.44. The van der Waals surface area contributed by atoms with Crippen LogP contribution in [0.4, 0.5) is 0 Å². The van der Waals surface area contributed by atoms with Gasteiger partial charge in [-0.1, -0.05) is 37.3 Å². The van der Waals surface area contributed by atoms with E-state index in [1.165, 1.54) is 0 Å². The molecule has 1 N–H and O–H groups in total. The predicted molar refractivity (Wildman–Crippen MR) is 71.4 cm³/mol. The quantitative estimate of drug-likeness (QED) is 0.885. The highest BCUT2D eigenvalue weighted by Gasteiger charge is 2.36. The Hall–Kier alpha value is -1.35. The number of amides is 1. The first-order valence-corrected chi connectivity index (χ1v) is 6.36. The molecule has 1 saturated heterocycles. The van der Waals surface area contributed by atoms with Crippen LogP contribution in [0, 0.1) is 5.41 Å². The minimum atomic E-state index is -0.498. The molecule has 0 aromatic heterocycles. The average Bonchev–Trinajstić information content (AvgIpc) is 2.34. The highest BCUT2D eigenvalue weighted by atomic mass is 16.5. The Morgan fingerprint density at radius 1 is 1.33 bits per heavy atom. The molecule has 3 heteroatoms. The van der Waals surface area contributed by atoms with E-state index in [4.69, 9.17) is 4.74 Å². The summed E-state index contributed by atoms with van der Waals surface area (Å²) in [5.41, 5.74) is 0.655. The molecule has 1 aromatic carbocycles. The van der Waals surface area contributed by atoms with Crippen LogP contribution in [0.2, 0.25) is 0 Å². The van der Waals surface area contributed by atoms with Crippen LogP contribution >= 0.6 is 0 Å². The topological polar surface area (TPSA) is 38.3 Å². The molecule has 1 fully saturated rings. The zero-order valence-corrected chi connectivity index (χ0v) is 11.3. The van der Waals surface area contributed by atoms with E-state index >= 15 is 0 Å². The summed E-state index contributed by atoms with van der Waals surface area (Å²) in [6.45, 7) is 8.20. The van der Waals surface area contributed by atoms with Crippen LogP contribution in [0.1, 0.15) is 26.3 Å². The van der Waals surface area contributed by atoms with Crippen LogP contribution in [-0.2, 0) is 14.9 Å². The van der Waals surface area contributed by atoms with E-state index < -0.39 is 5.41 Å². The van der Waals surface area contributed by atoms with E-state index in [0.29, 0.717) is 6.54 Å². The molecule has 1 heterocycles. The molecule has 1 amide bonds. The molecule has 1 aromatic rings. The number of hydrogen-bond donors (Lipinski definition) is 1. The van der Waals surface area contributed by atoms with Gasteiger partial charge in [0.2, 0.25) is 5.91 Å². The number of nitrogens with one attached hydrogen (secondary N) is 1. The fourth-order valence-electron chi connectivity index (χ4n) is 2.05. The van der Waals surface area contributed by atoms with Gasteiger partial charge in [0.15, 0.2) is 0 Å². The number of carbonyl (C=O) groups is 1. The first-order valence-electron chi connectivity index (χ1n) is 6.36. The second-order valence-electron chi connectivity index (χ2n) is 5.98. The van der Waals surface area contributed by atoms with Gasteiger partial charge in [0, 0.05) is 12.0 Å². The normalized spacial score (nSPS) is 17.9. The van der Waals surface area contributed by atoms with Crippen molar-refractivity contribution >= 4 is 5.91 Å². The molecule has 0 radical (unpaired) electrons. The summed E-state index contributed by atoms with van der Waals surface area (Å²) in [7, 11) is 0. The lowest BCUT2D eigenvalue weighted by Gasteiger charge is -2.39. The molecule has 0 saturated carbocycles. The summed E-state index contributed by atoms with van der Waals surface area (Å²) < 4.78 is 5.19. The van der Waals surface area contributed by atoms with E-state index in [9.17, 15) is 4.79 Å². The van der Waals surface area contributed by atoms with E-state index in [0.717, 1.165) is 18.8 Å². The van der Waals surface area contributed by atoms with Crippen molar-refractivity contribution in [2.45, 2.75) is 26.2 Å². The number of carbonyl (C=O) groups excluding carboxylic acids is 1. The third-order valence-corrected chi connectivity index (χ3v) is 3.64. The molecule has 0 bridgehead atoms. The molecule has 0 spiro atoms. The van der Waals surface area contributed by atoms with Crippen LogP contribution in [0.15, 0.2) is 30.3 Å². The monoisotopic (exact) mass is 247 g/mol. The number of ether oxygens (including phenoxy) is 1. The summed E-state index contributed by atoms with van der Waals surface area (Å²) in [6, 6.07) is 9.88. The highest BCUT2D eigenvalue weighted by Crippen LogP contribution is 2.27. The molecule has 0 unspecified atom stereocenters. The van der Waals surface area contributed by atoms with Gasteiger partial charge in [0.25, 0.3) is 0 Å². The average molecular weight is 247 g/mol. The van der Waals surface area contributed by atoms with Gasteiger partial charge in [-0.05, 0) is 19.4 Å². The summed E-state index contributed by atoms with van der Waals surface area (Å²) in [5, 5.41) is 3.04. The van der Waals surface area contributed by atoms with E-state index in [1.54, 1.807) is 0 Å². The fraction of sp³-hybridized carbons (Fsp3) is 0.533. The molecule has 18 heavy (non-hydrogen) atoms.